The van der Waals surface area contributed by atoms with Crippen LogP contribution in [0.2, 0.25) is 0 Å². The van der Waals surface area contributed by atoms with Crippen LogP contribution in [0.25, 0.3) is 0 Å². The second-order valence-electron chi connectivity index (χ2n) is 7.56. The molecule has 3 heterocycles. The predicted molar refractivity (Wildman–Crippen MR) is 105 cm³/mol. The summed E-state index contributed by atoms with van der Waals surface area (Å²) in [5, 5.41) is 8.42. The fourth-order valence-electron chi connectivity index (χ4n) is 3.48. The summed E-state index contributed by atoms with van der Waals surface area (Å²) in [6, 6.07) is 7.94. The van der Waals surface area contributed by atoms with Gasteiger partial charge in [0.05, 0.1) is 6.61 Å². The van der Waals surface area contributed by atoms with E-state index >= 15 is 0 Å². The van der Waals surface area contributed by atoms with Crippen molar-refractivity contribution < 1.29 is 4.74 Å². The molecule has 0 aliphatic heterocycles. The fraction of sp³-hybridized carbons (Fsp3) is 0.429. The van der Waals surface area contributed by atoms with E-state index in [1.807, 2.05) is 30.9 Å². The van der Waals surface area contributed by atoms with Crippen molar-refractivity contribution in [1.82, 2.24) is 24.5 Å². The van der Waals surface area contributed by atoms with Gasteiger partial charge in [-0.25, -0.2) is 4.68 Å². The monoisotopic (exact) mass is 379 g/mol. The summed E-state index contributed by atoms with van der Waals surface area (Å²) in [6.45, 7) is 2.63. The molecule has 1 aliphatic carbocycles. The van der Waals surface area contributed by atoms with Gasteiger partial charge in [0.25, 0.3) is 5.56 Å². The molecule has 0 saturated heterocycles. The second-order valence-corrected chi connectivity index (χ2v) is 7.56. The molecule has 1 fully saturated rings. The molecule has 4 rings (SSSR count). The van der Waals surface area contributed by atoms with E-state index in [0.717, 1.165) is 24.2 Å². The minimum absolute atomic E-state index is 0.0809. The molecule has 0 N–H and O–H groups in total. The van der Waals surface area contributed by atoms with E-state index < -0.39 is 0 Å². The lowest BCUT2D eigenvalue weighted by molar-refractivity contribution is 0.277. The van der Waals surface area contributed by atoms with Gasteiger partial charge < -0.3 is 4.74 Å². The average molecular weight is 379 g/mol. The van der Waals surface area contributed by atoms with Crippen molar-refractivity contribution in [2.75, 3.05) is 6.61 Å². The third kappa shape index (κ3) is 3.98. The van der Waals surface area contributed by atoms with Crippen molar-refractivity contribution >= 4 is 0 Å². The highest BCUT2D eigenvalue weighted by atomic mass is 16.5. The number of nitrogens with zero attached hydrogens (tertiary/aromatic N) is 5. The van der Waals surface area contributed by atoms with Gasteiger partial charge >= 0.3 is 0 Å². The second kappa shape index (κ2) is 7.58. The van der Waals surface area contributed by atoms with Gasteiger partial charge in [0.15, 0.2) is 0 Å². The maximum Gasteiger partial charge on any atom is 0.269 e. The Morgan fingerprint density at radius 1 is 1.18 bits per heavy atom. The first-order valence-electron chi connectivity index (χ1n) is 9.60. The van der Waals surface area contributed by atoms with Gasteiger partial charge in [-0.2, -0.15) is 5.10 Å². The van der Waals surface area contributed by atoms with Crippen LogP contribution in [0, 0.1) is 12.8 Å². The van der Waals surface area contributed by atoms with Crippen molar-refractivity contribution in [3.63, 3.8) is 0 Å². The fourth-order valence-corrected chi connectivity index (χ4v) is 3.48. The third-order valence-electron chi connectivity index (χ3n) is 5.37. The third-order valence-corrected chi connectivity index (χ3v) is 5.37. The number of ether oxygens (including phenoxy) is 1. The standard InChI is InChI=1S/C21H25N5O2/c1-14-4-7-19(22-12-14)18-10-16(18)13-28-20-11-15(21(27)26(3)24-20)5-6-17-8-9-23-25(17)2/h4,7-9,11-12,16,18H,5-6,10,13H2,1-3H3/t16-,18+/m1/s1. The van der Waals surface area contributed by atoms with Crippen LogP contribution in [0.3, 0.4) is 0 Å². The first kappa shape index (κ1) is 18.4. The zero-order valence-corrected chi connectivity index (χ0v) is 16.5. The van der Waals surface area contributed by atoms with Gasteiger partial charge in [0.2, 0.25) is 5.88 Å². The molecule has 1 aliphatic rings. The molecule has 7 nitrogen and oxygen atoms in total. The minimum atomic E-state index is -0.0809. The van der Waals surface area contributed by atoms with Crippen LogP contribution in [0.4, 0.5) is 0 Å². The Kier molecular flexibility index (Phi) is 4.98. The number of aromatic nitrogens is 5. The highest BCUT2D eigenvalue weighted by Crippen LogP contribution is 2.46. The molecule has 0 bridgehead atoms. The Labute approximate surface area is 164 Å². The van der Waals surface area contributed by atoms with E-state index in [9.17, 15) is 4.79 Å². The summed E-state index contributed by atoms with van der Waals surface area (Å²) in [5.41, 5.74) is 4.02. The van der Waals surface area contributed by atoms with E-state index in [1.165, 1.54) is 10.2 Å². The molecule has 7 heteroatoms. The zero-order chi connectivity index (χ0) is 19.7. The number of pyridine rings is 1. The number of aryl methyl sites for hydroxylation is 5. The number of rotatable bonds is 7. The van der Waals surface area contributed by atoms with E-state index in [-0.39, 0.29) is 5.56 Å². The molecule has 3 aromatic heterocycles. The van der Waals surface area contributed by atoms with Gasteiger partial charge in [-0.1, -0.05) is 6.07 Å². The number of hydrogen-bond acceptors (Lipinski definition) is 5. The summed E-state index contributed by atoms with van der Waals surface area (Å²) in [6.07, 6.45) is 6.14. The Morgan fingerprint density at radius 2 is 2.04 bits per heavy atom. The summed E-state index contributed by atoms with van der Waals surface area (Å²) in [4.78, 5) is 16.9. The van der Waals surface area contributed by atoms with Crippen LogP contribution in [-0.2, 0) is 26.9 Å². The molecule has 0 amide bonds. The van der Waals surface area contributed by atoms with Gasteiger partial charge in [-0.3, -0.25) is 14.5 Å². The molecule has 2 atom stereocenters. The van der Waals surface area contributed by atoms with Crippen LogP contribution >= 0.6 is 0 Å². The van der Waals surface area contributed by atoms with Crippen LogP contribution in [-0.4, -0.2) is 31.2 Å². The van der Waals surface area contributed by atoms with Crippen molar-refractivity contribution in [3.05, 3.63) is 69.5 Å². The first-order chi connectivity index (χ1) is 13.5. The highest BCUT2D eigenvalue weighted by molar-refractivity contribution is 5.22. The largest absolute Gasteiger partial charge is 0.476 e. The predicted octanol–water partition coefficient (Wildman–Crippen LogP) is 2.18. The van der Waals surface area contributed by atoms with Crippen molar-refractivity contribution in [2.45, 2.75) is 32.1 Å². The van der Waals surface area contributed by atoms with E-state index in [1.54, 1.807) is 19.3 Å². The maximum atomic E-state index is 12.4. The molecule has 146 valence electrons. The lowest BCUT2D eigenvalue weighted by Gasteiger charge is -2.09. The normalized spacial score (nSPS) is 18.2. The van der Waals surface area contributed by atoms with E-state index in [0.29, 0.717) is 36.3 Å². The Morgan fingerprint density at radius 3 is 2.75 bits per heavy atom. The lowest BCUT2D eigenvalue weighted by atomic mass is 10.1. The molecule has 0 unspecified atom stereocenters. The molecular weight excluding hydrogens is 354 g/mol. The lowest BCUT2D eigenvalue weighted by Crippen LogP contribution is -2.24. The van der Waals surface area contributed by atoms with Gasteiger partial charge in [0.1, 0.15) is 0 Å². The molecule has 0 radical (unpaired) electrons. The Balaban J connectivity index is 1.38. The van der Waals surface area contributed by atoms with Crippen LogP contribution < -0.4 is 10.3 Å². The molecular formula is C21H25N5O2. The SMILES string of the molecule is Cc1ccc([C@H]2C[C@@H]2COc2cc(CCc3ccnn3C)c(=O)n(C)n2)nc1. The zero-order valence-electron chi connectivity index (χ0n) is 16.5. The Bertz CT molecular complexity index is 1020. The molecule has 28 heavy (non-hydrogen) atoms. The summed E-state index contributed by atoms with van der Waals surface area (Å²) >= 11 is 0. The molecule has 3 aromatic rings. The smallest absolute Gasteiger partial charge is 0.269 e. The van der Waals surface area contributed by atoms with Gasteiger partial charge in [0, 0.05) is 61.3 Å². The van der Waals surface area contributed by atoms with Crippen molar-refractivity contribution in [1.29, 1.82) is 0 Å². The Hall–Kier alpha value is -2.96. The van der Waals surface area contributed by atoms with Crippen LogP contribution in [0.5, 0.6) is 5.88 Å². The van der Waals surface area contributed by atoms with Gasteiger partial charge in [-0.05, 0) is 43.9 Å². The first-order valence-corrected chi connectivity index (χ1v) is 9.60. The van der Waals surface area contributed by atoms with Crippen LogP contribution in [0.15, 0.2) is 41.5 Å². The van der Waals surface area contributed by atoms with Crippen molar-refractivity contribution in [3.8, 4) is 5.88 Å². The average Bonchev–Trinajstić information content (AvgIpc) is 3.35. The minimum Gasteiger partial charge on any atom is -0.476 e. The summed E-state index contributed by atoms with van der Waals surface area (Å²) in [5.74, 6) is 1.41. The van der Waals surface area contributed by atoms with Gasteiger partial charge in [-0.15, -0.1) is 5.10 Å². The van der Waals surface area contributed by atoms with Crippen molar-refractivity contribution in [2.24, 2.45) is 20.0 Å². The molecule has 0 spiro atoms. The van der Waals surface area contributed by atoms with E-state index in [2.05, 4.69) is 27.3 Å². The van der Waals surface area contributed by atoms with Crippen LogP contribution in [0.1, 0.15) is 34.9 Å². The quantitative estimate of drug-likeness (QED) is 0.629. The highest BCUT2D eigenvalue weighted by Gasteiger charge is 2.40. The number of hydrogen-bond donors (Lipinski definition) is 0. The topological polar surface area (TPSA) is 74.8 Å². The van der Waals surface area contributed by atoms with E-state index in [4.69, 9.17) is 4.74 Å². The maximum absolute atomic E-state index is 12.4. The molecule has 1 saturated carbocycles. The summed E-state index contributed by atoms with van der Waals surface area (Å²) in [7, 11) is 3.57. The molecule has 0 aromatic carbocycles. The summed E-state index contributed by atoms with van der Waals surface area (Å²) < 4.78 is 9.12.